The van der Waals surface area contributed by atoms with Crippen LogP contribution in [0.1, 0.15) is 26.3 Å². The summed E-state index contributed by atoms with van der Waals surface area (Å²) in [6, 6.07) is 6.49. The molecular weight excluding hydrogens is 385 g/mol. The van der Waals surface area contributed by atoms with Crippen molar-refractivity contribution in [2.24, 2.45) is 4.99 Å². The zero-order chi connectivity index (χ0) is 21.3. The molecule has 0 amide bonds. The van der Waals surface area contributed by atoms with Crippen molar-refractivity contribution in [2.75, 3.05) is 46.0 Å². The maximum atomic E-state index is 12.2. The van der Waals surface area contributed by atoms with Gasteiger partial charge in [0.15, 0.2) is 12.6 Å². The van der Waals surface area contributed by atoms with Gasteiger partial charge in [-0.15, -0.1) is 0 Å². The van der Waals surface area contributed by atoms with Crippen molar-refractivity contribution in [1.82, 2.24) is 15.5 Å². The van der Waals surface area contributed by atoms with E-state index >= 15 is 0 Å². The van der Waals surface area contributed by atoms with Crippen LogP contribution in [0.3, 0.4) is 0 Å². The summed E-state index contributed by atoms with van der Waals surface area (Å²) in [6.07, 6.45) is -4.34. The van der Waals surface area contributed by atoms with E-state index in [1.54, 1.807) is 12.1 Å². The van der Waals surface area contributed by atoms with Gasteiger partial charge in [0.05, 0.1) is 19.8 Å². The van der Waals surface area contributed by atoms with E-state index in [4.69, 9.17) is 9.47 Å². The van der Waals surface area contributed by atoms with Crippen LogP contribution in [0.2, 0.25) is 0 Å². The van der Waals surface area contributed by atoms with Gasteiger partial charge < -0.3 is 20.1 Å². The number of nitrogens with zero attached hydrogens (tertiary/aromatic N) is 2. The molecule has 0 saturated carbocycles. The molecule has 0 radical (unpaired) electrons. The van der Waals surface area contributed by atoms with Gasteiger partial charge in [0.2, 0.25) is 0 Å². The summed E-state index contributed by atoms with van der Waals surface area (Å²) in [7, 11) is 0. The second-order valence-electron chi connectivity index (χ2n) is 7.51. The Morgan fingerprint density at radius 3 is 2.38 bits per heavy atom. The highest BCUT2D eigenvalue weighted by molar-refractivity contribution is 5.79. The van der Waals surface area contributed by atoms with E-state index in [0.717, 1.165) is 45.0 Å². The molecule has 1 aromatic rings. The third-order valence-corrected chi connectivity index (χ3v) is 4.65. The molecule has 1 aromatic carbocycles. The highest BCUT2D eigenvalue weighted by Gasteiger charge is 2.29. The van der Waals surface area contributed by atoms with Gasteiger partial charge in [-0.2, -0.15) is 13.2 Å². The molecule has 0 unspecified atom stereocenters. The SMILES string of the molecule is CCNC(=NCc1ccc(OCC(F)(F)F)cc1)NCC(C)(C)N1CCOCC1. The normalized spacial score (nSPS) is 16.6. The fraction of sp³-hybridized carbons (Fsp3) is 0.650. The number of hydrogen-bond acceptors (Lipinski definition) is 4. The van der Waals surface area contributed by atoms with Crippen molar-refractivity contribution < 1.29 is 22.6 Å². The summed E-state index contributed by atoms with van der Waals surface area (Å²) in [5, 5.41) is 6.61. The number of guanidine groups is 1. The first-order valence-electron chi connectivity index (χ1n) is 9.83. The number of rotatable bonds is 8. The standard InChI is InChI=1S/C20H31F3N4O2/c1-4-24-18(26-14-19(2,3)27-9-11-28-12-10-27)25-13-16-5-7-17(8-6-16)29-15-20(21,22)23/h5-8H,4,9-15H2,1-3H3,(H2,24,25,26). The van der Waals surface area contributed by atoms with E-state index in [2.05, 4.69) is 34.4 Å². The molecule has 1 aliphatic rings. The third kappa shape index (κ3) is 8.49. The number of morpholine rings is 1. The first-order valence-corrected chi connectivity index (χ1v) is 9.83. The van der Waals surface area contributed by atoms with Crippen LogP contribution in [0.15, 0.2) is 29.3 Å². The molecular formula is C20H31F3N4O2. The topological polar surface area (TPSA) is 58.1 Å². The van der Waals surface area contributed by atoms with Gasteiger partial charge in [0, 0.05) is 31.7 Å². The van der Waals surface area contributed by atoms with Crippen LogP contribution in [0.4, 0.5) is 13.2 Å². The number of hydrogen-bond donors (Lipinski definition) is 2. The van der Waals surface area contributed by atoms with Crippen LogP contribution in [0, 0.1) is 0 Å². The van der Waals surface area contributed by atoms with Crippen LogP contribution in [-0.2, 0) is 11.3 Å². The van der Waals surface area contributed by atoms with Crippen LogP contribution < -0.4 is 15.4 Å². The van der Waals surface area contributed by atoms with E-state index in [-0.39, 0.29) is 11.3 Å². The molecule has 9 heteroatoms. The average molecular weight is 416 g/mol. The Kier molecular flexibility index (Phi) is 8.58. The molecule has 2 N–H and O–H groups in total. The predicted octanol–water partition coefficient (Wildman–Crippen LogP) is 2.79. The molecule has 1 aliphatic heterocycles. The summed E-state index contributed by atoms with van der Waals surface area (Å²) >= 11 is 0. The van der Waals surface area contributed by atoms with Crippen LogP contribution >= 0.6 is 0 Å². The fourth-order valence-corrected chi connectivity index (χ4v) is 2.95. The third-order valence-electron chi connectivity index (χ3n) is 4.65. The highest BCUT2D eigenvalue weighted by Crippen LogP contribution is 2.19. The van der Waals surface area contributed by atoms with Gasteiger partial charge in [-0.05, 0) is 38.5 Å². The van der Waals surface area contributed by atoms with Crippen molar-refractivity contribution in [1.29, 1.82) is 0 Å². The minimum Gasteiger partial charge on any atom is -0.484 e. The minimum absolute atomic E-state index is 0.0442. The maximum Gasteiger partial charge on any atom is 0.422 e. The summed E-state index contributed by atoms with van der Waals surface area (Å²) in [4.78, 5) is 6.97. The Labute approximate surface area is 170 Å². The number of nitrogens with one attached hydrogen (secondary N) is 2. The van der Waals surface area contributed by atoms with E-state index in [1.165, 1.54) is 12.1 Å². The molecule has 0 atom stereocenters. The van der Waals surface area contributed by atoms with E-state index in [1.807, 2.05) is 6.92 Å². The summed E-state index contributed by atoms with van der Waals surface area (Å²) in [6.45, 7) is 10.3. The molecule has 1 fully saturated rings. The molecule has 164 valence electrons. The number of halogens is 3. The van der Waals surface area contributed by atoms with Gasteiger partial charge in [0.25, 0.3) is 0 Å². The van der Waals surface area contributed by atoms with Gasteiger partial charge in [-0.25, -0.2) is 4.99 Å². The van der Waals surface area contributed by atoms with Crippen molar-refractivity contribution in [3.8, 4) is 5.75 Å². The van der Waals surface area contributed by atoms with Crippen molar-refractivity contribution in [3.05, 3.63) is 29.8 Å². The molecule has 2 rings (SSSR count). The number of aliphatic imine (C=N–C) groups is 1. The van der Waals surface area contributed by atoms with Gasteiger partial charge in [0.1, 0.15) is 5.75 Å². The molecule has 29 heavy (non-hydrogen) atoms. The molecule has 0 bridgehead atoms. The minimum atomic E-state index is -4.34. The maximum absolute atomic E-state index is 12.2. The molecule has 0 aliphatic carbocycles. The number of alkyl halides is 3. The lowest BCUT2D eigenvalue weighted by Gasteiger charge is -2.41. The second-order valence-corrected chi connectivity index (χ2v) is 7.51. The molecule has 0 spiro atoms. The Bertz CT molecular complexity index is 642. The van der Waals surface area contributed by atoms with Crippen LogP contribution in [0.5, 0.6) is 5.75 Å². The number of benzene rings is 1. The van der Waals surface area contributed by atoms with Gasteiger partial charge in [-0.3, -0.25) is 4.90 Å². The molecule has 1 saturated heterocycles. The van der Waals surface area contributed by atoms with E-state index < -0.39 is 12.8 Å². The fourth-order valence-electron chi connectivity index (χ4n) is 2.95. The zero-order valence-electron chi connectivity index (χ0n) is 17.3. The Morgan fingerprint density at radius 1 is 1.14 bits per heavy atom. The lowest BCUT2D eigenvalue weighted by Crippen LogP contribution is -2.56. The first-order chi connectivity index (χ1) is 13.7. The quantitative estimate of drug-likeness (QED) is 0.504. The van der Waals surface area contributed by atoms with E-state index in [0.29, 0.717) is 12.5 Å². The van der Waals surface area contributed by atoms with E-state index in [9.17, 15) is 13.2 Å². The van der Waals surface area contributed by atoms with Crippen molar-refractivity contribution >= 4 is 5.96 Å². The molecule has 0 aromatic heterocycles. The van der Waals surface area contributed by atoms with Crippen LogP contribution in [0.25, 0.3) is 0 Å². The highest BCUT2D eigenvalue weighted by atomic mass is 19.4. The Morgan fingerprint density at radius 2 is 1.79 bits per heavy atom. The monoisotopic (exact) mass is 416 g/mol. The van der Waals surface area contributed by atoms with Crippen molar-refractivity contribution in [3.63, 3.8) is 0 Å². The second kappa shape index (κ2) is 10.7. The molecule has 6 nitrogen and oxygen atoms in total. The van der Waals surface area contributed by atoms with Crippen molar-refractivity contribution in [2.45, 2.75) is 39.0 Å². The largest absolute Gasteiger partial charge is 0.484 e. The summed E-state index contributed by atoms with van der Waals surface area (Å²) < 4.78 is 46.8. The average Bonchev–Trinajstić information content (AvgIpc) is 2.69. The smallest absolute Gasteiger partial charge is 0.422 e. The number of ether oxygens (including phenoxy) is 2. The first kappa shape index (κ1) is 23.3. The zero-order valence-corrected chi connectivity index (χ0v) is 17.3. The van der Waals surface area contributed by atoms with Gasteiger partial charge in [-0.1, -0.05) is 12.1 Å². The summed E-state index contributed by atoms with van der Waals surface area (Å²) in [5.74, 6) is 0.888. The Hall–Kier alpha value is -2.00. The van der Waals surface area contributed by atoms with Crippen LogP contribution in [-0.4, -0.2) is 68.6 Å². The predicted molar refractivity (Wildman–Crippen MR) is 107 cm³/mol. The van der Waals surface area contributed by atoms with Gasteiger partial charge >= 0.3 is 6.18 Å². The molecule has 1 heterocycles. The summed E-state index contributed by atoms with van der Waals surface area (Å²) in [5.41, 5.74) is 0.839. The Balaban J connectivity index is 1.89. The lowest BCUT2D eigenvalue weighted by atomic mass is 10.0. The lowest BCUT2D eigenvalue weighted by molar-refractivity contribution is -0.153.